The summed E-state index contributed by atoms with van der Waals surface area (Å²) >= 11 is 5.83. The number of amides is 1. The van der Waals surface area contributed by atoms with Gasteiger partial charge in [0.15, 0.2) is 0 Å². The maximum Gasteiger partial charge on any atom is 0.222 e. The molecule has 128 valence electrons. The quantitative estimate of drug-likeness (QED) is 0.762. The number of aliphatic hydroxyl groups excluding tert-OH is 1. The molecular formula is C18H26ClNO3. The smallest absolute Gasteiger partial charge is 0.222 e. The third-order valence-electron chi connectivity index (χ3n) is 4.79. The van der Waals surface area contributed by atoms with Crippen LogP contribution in [-0.4, -0.2) is 31.3 Å². The summed E-state index contributed by atoms with van der Waals surface area (Å²) in [6, 6.07) is 6.93. The molecule has 4 nitrogen and oxygen atoms in total. The van der Waals surface area contributed by atoms with Gasteiger partial charge < -0.3 is 15.2 Å². The molecule has 0 spiro atoms. The van der Waals surface area contributed by atoms with Gasteiger partial charge in [-0.2, -0.15) is 0 Å². The minimum Gasteiger partial charge on any atom is -0.388 e. The van der Waals surface area contributed by atoms with E-state index in [0.29, 0.717) is 17.1 Å². The number of aliphatic hydroxyl groups is 1. The lowest BCUT2D eigenvalue weighted by Gasteiger charge is -2.29. The summed E-state index contributed by atoms with van der Waals surface area (Å²) in [6.07, 6.45) is 4.95. The number of methoxy groups -OCH3 is 1. The summed E-state index contributed by atoms with van der Waals surface area (Å²) < 4.78 is 5.20. The van der Waals surface area contributed by atoms with Crippen LogP contribution in [-0.2, 0) is 9.53 Å². The summed E-state index contributed by atoms with van der Waals surface area (Å²) in [5.41, 5.74) is 0.871. The molecule has 1 aliphatic carbocycles. The first-order valence-electron chi connectivity index (χ1n) is 8.24. The van der Waals surface area contributed by atoms with E-state index in [1.165, 1.54) is 12.8 Å². The molecule has 1 aromatic carbocycles. The minimum atomic E-state index is -0.800. The van der Waals surface area contributed by atoms with Crippen LogP contribution >= 0.6 is 11.6 Å². The van der Waals surface area contributed by atoms with Gasteiger partial charge in [0.25, 0.3) is 0 Å². The third-order valence-corrected chi connectivity index (χ3v) is 5.05. The van der Waals surface area contributed by atoms with Crippen molar-refractivity contribution in [3.63, 3.8) is 0 Å². The minimum absolute atomic E-state index is 0.0714. The van der Waals surface area contributed by atoms with Gasteiger partial charge in [0.1, 0.15) is 0 Å². The number of benzene rings is 1. The van der Waals surface area contributed by atoms with Gasteiger partial charge in [0.05, 0.1) is 12.5 Å². The van der Waals surface area contributed by atoms with Gasteiger partial charge in [0.2, 0.25) is 5.91 Å². The topological polar surface area (TPSA) is 58.6 Å². The first-order valence-corrected chi connectivity index (χ1v) is 8.62. The molecule has 0 heterocycles. The fourth-order valence-electron chi connectivity index (χ4n) is 3.30. The molecule has 1 amide bonds. The second-order valence-electron chi connectivity index (χ2n) is 6.50. The number of nitrogens with one attached hydrogen (secondary N) is 1. The predicted octanol–water partition coefficient (Wildman–Crippen LogP) is 3.48. The highest BCUT2D eigenvalue weighted by atomic mass is 35.5. The zero-order chi connectivity index (χ0) is 16.7. The van der Waals surface area contributed by atoms with Crippen molar-refractivity contribution in [3.05, 3.63) is 34.9 Å². The number of rotatable bonds is 8. The molecule has 23 heavy (non-hydrogen) atoms. The molecule has 5 heteroatoms. The lowest BCUT2D eigenvalue weighted by molar-refractivity contribution is -0.123. The third kappa shape index (κ3) is 5.48. The Morgan fingerprint density at radius 1 is 1.35 bits per heavy atom. The van der Waals surface area contributed by atoms with Gasteiger partial charge >= 0.3 is 0 Å². The summed E-state index contributed by atoms with van der Waals surface area (Å²) in [4.78, 5) is 12.1. The van der Waals surface area contributed by atoms with E-state index in [2.05, 4.69) is 5.32 Å². The summed E-state index contributed by atoms with van der Waals surface area (Å²) in [5.74, 6) is -0.115. The zero-order valence-electron chi connectivity index (χ0n) is 13.7. The van der Waals surface area contributed by atoms with E-state index in [9.17, 15) is 9.90 Å². The van der Waals surface area contributed by atoms with Crippen LogP contribution in [0.5, 0.6) is 0 Å². The van der Waals surface area contributed by atoms with E-state index in [0.717, 1.165) is 25.9 Å². The van der Waals surface area contributed by atoms with Crippen molar-refractivity contribution >= 4 is 17.5 Å². The van der Waals surface area contributed by atoms with Crippen molar-refractivity contribution in [3.8, 4) is 0 Å². The van der Waals surface area contributed by atoms with Crippen molar-refractivity contribution < 1.29 is 14.6 Å². The number of carbonyl (C=O) groups excluding carboxylic acids is 1. The summed E-state index contributed by atoms with van der Waals surface area (Å²) in [5, 5.41) is 13.8. The first-order chi connectivity index (χ1) is 11.0. The maximum atomic E-state index is 12.1. The number of carbonyl (C=O) groups is 1. The second-order valence-corrected chi connectivity index (χ2v) is 6.93. The van der Waals surface area contributed by atoms with Crippen molar-refractivity contribution in [1.29, 1.82) is 0 Å². The fourth-order valence-corrected chi connectivity index (χ4v) is 3.42. The Bertz CT molecular complexity index is 497. The Hall–Kier alpha value is -1.10. The average Bonchev–Trinajstić information content (AvgIpc) is 3.01. The molecule has 1 aromatic rings. The highest BCUT2D eigenvalue weighted by Gasteiger charge is 2.33. The Labute approximate surface area is 143 Å². The van der Waals surface area contributed by atoms with Crippen molar-refractivity contribution in [2.24, 2.45) is 5.41 Å². The molecule has 0 aliphatic heterocycles. The molecule has 0 bridgehead atoms. The van der Waals surface area contributed by atoms with Gasteiger partial charge in [-0.25, -0.2) is 0 Å². The molecule has 1 aliphatic rings. The Morgan fingerprint density at radius 2 is 2.00 bits per heavy atom. The van der Waals surface area contributed by atoms with Crippen LogP contribution in [0.3, 0.4) is 0 Å². The van der Waals surface area contributed by atoms with Gasteiger partial charge in [-0.1, -0.05) is 36.6 Å². The van der Waals surface area contributed by atoms with Gasteiger partial charge in [0, 0.05) is 25.3 Å². The van der Waals surface area contributed by atoms with Crippen LogP contribution in [0, 0.1) is 5.41 Å². The normalized spacial score (nSPS) is 17.9. The Morgan fingerprint density at radius 3 is 2.61 bits per heavy atom. The maximum absolute atomic E-state index is 12.1. The fraction of sp³-hybridized carbons (Fsp3) is 0.611. The molecule has 1 saturated carbocycles. The number of hydrogen-bond acceptors (Lipinski definition) is 3. The highest BCUT2D eigenvalue weighted by molar-refractivity contribution is 6.30. The van der Waals surface area contributed by atoms with Crippen LogP contribution in [0.25, 0.3) is 0 Å². The molecule has 1 fully saturated rings. The lowest BCUT2D eigenvalue weighted by Crippen LogP contribution is -2.37. The van der Waals surface area contributed by atoms with Crippen LogP contribution < -0.4 is 5.32 Å². The van der Waals surface area contributed by atoms with Crippen LogP contribution in [0.4, 0.5) is 0 Å². The highest BCUT2D eigenvalue weighted by Crippen LogP contribution is 2.40. The van der Waals surface area contributed by atoms with Crippen molar-refractivity contribution in [1.82, 2.24) is 5.32 Å². The molecule has 0 saturated heterocycles. The average molecular weight is 340 g/mol. The number of halogens is 1. The van der Waals surface area contributed by atoms with Gasteiger partial charge in [-0.15, -0.1) is 0 Å². The predicted molar refractivity (Wildman–Crippen MR) is 91.4 cm³/mol. The van der Waals surface area contributed by atoms with Gasteiger partial charge in [-0.05, 0) is 42.4 Å². The van der Waals surface area contributed by atoms with E-state index in [1.807, 2.05) is 0 Å². The molecule has 2 N–H and O–H groups in total. The lowest BCUT2D eigenvalue weighted by atomic mass is 9.83. The van der Waals surface area contributed by atoms with E-state index in [4.69, 9.17) is 16.3 Å². The molecule has 1 unspecified atom stereocenters. The van der Waals surface area contributed by atoms with E-state index in [-0.39, 0.29) is 17.7 Å². The number of ether oxygens (including phenoxy) is 1. The van der Waals surface area contributed by atoms with Crippen LogP contribution in [0.1, 0.15) is 50.2 Å². The largest absolute Gasteiger partial charge is 0.388 e. The van der Waals surface area contributed by atoms with Crippen molar-refractivity contribution in [2.75, 3.05) is 20.3 Å². The summed E-state index contributed by atoms with van der Waals surface area (Å²) in [7, 11) is 1.71. The van der Waals surface area contributed by atoms with Crippen molar-refractivity contribution in [2.45, 2.75) is 44.6 Å². The SMILES string of the molecule is COCCC1(CNC(=O)CC(O)c2ccc(Cl)cc2)CCCC1. The van der Waals surface area contributed by atoms with E-state index >= 15 is 0 Å². The molecule has 1 atom stereocenters. The van der Waals surface area contributed by atoms with Crippen LogP contribution in [0.15, 0.2) is 24.3 Å². The van der Waals surface area contributed by atoms with E-state index in [1.54, 1.807) is 31.4 Å². The number of hydrogen-bond donors (Lipinski definition) is 2. The second kappa shape index (κ2) is 8.67. The molecule has 0 aromatic heterocycles. The monoisotopic (exact) mass is 339 g/mol. The molecular weight excluding hydrogens is 314 g/mol. The zero-order valence-corrected chi connectivity index (χ0v) is 14.4. The van der Waals surface area contributed by atoms with Crippen LogP contribution in [0.2, 0.25) is 5.02 Å². The standard InChI is InChI=1S/C18H26ClNO3/c1-23-11-10-18(8-2-3-9-18)13-20-17(22)12-16(21)14-4-6-15(19)7-5-14/h4-7,16,21H,2-3,8-13H2,1H3,(H,20,22). The Balaban J connectivity index is 1.82. The Kier molecular flexibility index (Phi) is 6.88. The van der Waals surface area contributed by atoms with Gasteiger partial charge in [-0.3, -0.25) is 4.79 Å². The molecule has 0 radical (unpaired) electrons. The van der Waals surface area contributed by atoms with E-state index < -0.39 is 6.10 Å². The molecule has 2 rings (SSSR count). The summed E-state index contributed by atoms with van der Waals surface area (Å²) in [6.45, 7) is 1.39. The first kappa shape index (κ1) is 18.2.